The van der Waals surface area contributed by atoms with Crippen molar-refractivity contribution in [3.8, 4) is 0 Å². The molecule has 4 aliphatic rings. The molecule has 270 valence electrons. The number of carbonyl (C=O) groups is 2. The average molecular weight is 847 g/mol. The van der Waals surface area contributed by atoms with E-state index in [0.29, 0.717) is 6.42 Å². The molecule has 4 rings (SSSR count). The van der Waals surface area contributed by atoms with Gasteiger partial charge in [0.2, 0.25) is 0 Å². The Bertz CT molecular complexity index is 1250. The molecule has 2 bridgehead atoms. The first-order valence-electron chi connectivity index (χ1n) is 15.9. The molecular formula is C33H51BaCaNO13. The fourth-order valence-electron chi connectivity index (χ4n) is 6.00. The normalized spacial score (nSPS) is 45.3. The van der Waals surface area contributed by atoms with Crippen LogP contribution in [0.3, 0.4) is 0 Å². The Kier molecular flexibility index (Phi) is 19.5. The molecule has 16 heteroatoms. The van der Waals surface area contributed by atoms with Crippen LogP contribution in [0.1, 0.15) is 51.7 Å². The molecule has 0 radical (unpaired) electrons. The topological polar surface area (TPSA) is 231 Å². The zero-order valence-electron chi connectivity index (χ0n) is 31.8. The Morgan fingerprint density at radius 3 is 2.33 bits per heavy atom. The van der Waals surface area contributed by atoms with E-state index >= 15 is 0 Å². The van der Waals surface area contributed by atoms with Crippen LogP contribution in [0.2, 0.25) is 0 Å². The van der Waals surface area contributed by atoms with E-state index in [4.69, 9.17) is 29.4 Å². The summed E-state index contributed by atoms with van der Waals surface area (Å²) in [4.78, 5) is 24.4. The van der Waals surface area contributed by atoms with Crippen LogP contribution in [-0.2, 0) is 33.3 Å². The van der Waals surface area contributed by atoms with Crippen molar-refractivity contribution >= 4 is 98.6 Å². The molecule has 0 aromatic heterocycles. The maximum absolute atomic E-state index is 12.3. The van der Waals surface area contributed by atoms with Gasteiger partial charge in [0.15, 0.2) is 12.1 Å². The predicted octanol–water partition coefficient (Wildman–Crippen LogP) is -0.192. The van der Waals surface area contributed by atoms with Crippen molar-refractivity contribution in [1.29, 1.82) is 0 Å². The van der Waals surface area contributed by atoms with Gasteiger partial charge in [-0.15, -0.1) is 0 Å². The molecule has 49 heavy (non-hydrogen) atoms. The number of epoxide rings is 1. The van der Waals surface area contributed by atoms with E-state index in [0.717, 1.165) is 0 Å². The number of ether oxygens (including phenoxy) is 5. The molecule has 0 aromatic carbocycles. The van der Waals surface area contributed by atoms with E-state index in [1.807, 2.05) is 6.08 Å². The molecule has 3 saturated heterocycles. The SMILES string of the molecule is C[C@@H]1C/C=C/C=C/C=C/C=C/[C@H](O[C@@H]2O[C@H](C)[C@@H](O)[C@H](N)[C@@H]2O)C[C@@H]2O[C@](O)(C[C@@H](O)C[C@H]3O[C@@H]3/C=C/C(=O)O1)C[C@H](O)[C@H]2C(=O)O.[Ba+2].[Ca+2].[H-].[H-].[H-].[H-]. The summed E-state index contributed by atoms with van der Waals surface area (Å²) >= 11 is 0. The van der Waals surface area contributed by atoms with Gasteiger partial charge >= 0.3 is 98.6 Å². The van der Waals surface area contributed by atoms with Crippen LogP contribution in [0, 0.1) is 5.92 Å². The second-order valence-corrected chi connectivity index (χ2v) is 12.6. The number of carboxylic acid groups (broad SMARTS) is 1. The predicted molar refractivity (Wildman–Crippen MR) is 181 cm³/mol. The van der Waals surface area contributed by atoms with Crippen molar-refractivity contribution in [3.63, 3.8) is 0 Å². The van der Waals surface area contributed by atoms with Crippen LogP contribution >= 0.6 is 0 Å². The smallest absolute Gasteiger partial charge is 1.00 e. The third-order valence-electron chi connectivity index (χ3n) is 8.58. The maximum Gasteiger partial charge on any atom is 2.00 e. The molecule has 14 nitrogen and oxygen atoms in total. The third kappa shape index (κ3) is 13.8. The minimum atomic E-state index is -2.10. The van der Waals surface area contributed by atoms with Crippen molar-refractivity contribution in [3.05, 3.63) is 60.8 Å². The molecule has 4 aliphatic heterocycles. The van der Waals surface area contributed by atoms with Crippen LogP contribution in [0.5, 0.6) is 0 Å². The van der Waals surface area contributed by atoms with Gasteiger partial charge in [-0.25, -0.2) is 4.79 Å². The Hall–Kier alpha value is 0.0712. The summed E-state index contributed by atoms with van der Waals surface area (Å²) < 4.78 is 28.5. The summed E-state index contributed by atoms with van der Waals surface area (Å²) in [7, 11) is 0. The van der Waals surface area contributed by atoms with E-state index in [-0.39, 0.29) is 118 Å². The number of fused-ring (bicyclic) bond motifs is 3. The van der Waals surface area contributed by atoms with Gasteiger partial charge in [0.05, 0.1) is 48.8 Å². The molecule has 0 saturated carbocycles. The Morgan fingerprint density at radius 2 is 1.63 bits per heavy atom. The fourth-order valence-corrected chi connectivity index (χ4v) is 6.00. The average Bonchev–Trinajstić information content (AvgIpc) is 3.72. The summed E-state index contributed by atoms with van der Waals surface area (Å²) in [6.07, 6.45) is 5.25. The van der Waals surface area contributed by atoms with E-state index < -0.39 is 97.3 Å². The number of hydrogen-bond donors (Lipinski definition) is 7. The first kappa shape index (κ1) is 45.2. The standard InChI is InChI=1S/C33H47NO13.Ba.Ca.4H/c1-18-10-8-6-4-3-5-7-9-11-21(45-32-30(39)28(34)29(38)19(2)44-32)15-25-27(31(40)41)22(36)17-33(42,47-25)16-20(35)14-24-23(46-24)12-13-26(37)43-18;;;;;;/h3-9,11-13,18-25,27-30,32,35-36,38-39,42H,10,14-17,34H2,1-2H3,(H,40,41);;;;;;/q;2*+2;4*-1/b4-3+,7-5+,8-6+,11-9+,13-12+;;;;;;/t18-,19-,20+,21+,22+,23-,24-,25+,27-,28+,29-,30+,32+,33-;;;;;;/m1....../s1. The number of cyclic esters (lactones) is 1. The van der Waals surface area contributed by atoms with Gasteiger partial charge in [-0.2, -0.15) is 0 Å². The monoisotopic (exact) mass is 847 g/mol. The number of aliphatic hydroxyl groups is 5. The number of aliphatic hydroxyl groups excluding tert-OH is 4. The van der Waals surface area contributed by atoms with Crippen LogP contribution < -0.4 is 5.73 Å². The third-order valence-corrected chi connectivity index (χ3v) is 8.58. The van der Waals surface area contributed by atoms with E-state index in [1.165, 1.54) is 12.2 Å². The maximum atomic E-state index is 12.3. The zero-order chi connectivity index (χ0) is 34.3. The van der Waals surface area contributed by atoms with Crippen molar-refractivity contribution in [2.24, 2.45) is 11.7 Å². The summed E-state index contributed by atoms with van der Waals surface area (Å²) in [6.45, 7) is 3.34. The number of esters is 1. The van der Waals surface area contributed by atoms with Gasteiger partial charge in [0.1, 0.15) is 24.2 Å². The number of aliphatic carboxylic acids is 1. The second kappa shape index (κ2) is 21.1. The van der Waals surface area contributed by atoms with E-state index in [9.17, 15) is 40.2 Å². The van der Waals surface area contributed by atoms with E-state index in [2.05, 4.69) is 0 Å². The minimum absolute atomic E-state index is 0. The molecule has 4 heterocycles. The van der Waals surface area contributed by atoms with Crippen LogP contribution in [0.25, 0.3) is 0 Å². The summed E-state index contributed by atoms with van der Waals surface area (Å²) in [5.74, 6) is -5.45. The number of carbonyl (C=O) groups excluding carboxylic acids is 1. The van der Waals surface area contributed by atoms with Gasteiger partial charge in [0.25, 0.3) is 0 Å². The molecule has 8 N–H and O–H groups in total. The van der Waals surface area contributed by atoms with Gasteiger partial charge in [0, 0.05) is 38.2 Å². The molecule has 14 atom stereocenters. The first-order chi connectivity index (χ1) is 22.3. The largest absolute Gasteiger partial charge is 2.00 e. The summed E-state index contributed by atoms with van der Waals surface area (Å²) in [5.41, 5.74) is 5.98. The van der Waals surface area contributed by atoms with Crippen LogP contribution in [0.4, 0.5) is 0 Å². The Morgan fingerprint density at radius 1 is 0.959 bits per heavy atom. The molecule has 0 amide bonds. The molecule has 0 aromatic rings. The van der Waals surface area contributed by atoms with Crippen molar-refractivity contribution in [2.75, 3.05) is 0 Å². The van der Waals surface area contributed by atoms with Crippen molar-refractivity contribution in [1.82, 2.24) is 0 Å². The molecule has 0 spiro atoms. The summed E-state index contributed by atoms with van der Waals surface area (Å²) in [5, 5.41) is 63.9. The Labute approximate surface area is 362 Å². The minimum Gasteiger partial charge on any atom is -1.00 e. The first-order valence-corrected chi connectivity index (χ1v) is 15.9. The quantitative estimate of drug-likeness (QED) is 0.111. The number of hydrogen-bond acceptors (Lipinski definition) is 13. The molecule has 0 unspecified atom stereocenters. The number of carboxylic acids is 1. The van der Waals surface area contributed by atoms with Crippen molar-refractivity contribution in [2.45, 2.75) is 125 Å². The number of allylic oxidation sites excluding steroid dienone is 6. The molecule has 0 aliphatic carbocycles. The fraction of sp³-hybridized carbons (Fsp3) is 0.636. The molecular weight excluding hydrogens is 796 g/mol. The van der Waals surface area contributed by atoms with Gasteiger partial charge in [-0.1, -0.05) is 48.6 Å². The van der Waals surface area contributed by atoms with Gasteiger partial charge in [-0.3, -0.25) is 4.79 Å². The summed E-state index contributed by atoms with van der Waals surface area (Å²) in [6, 6.07) is -1.08. The zero-order valence-corrected chi connectivity index (χ0v) is 34.5. The van der Waals surface area contributed by atoms with E-state index in [1.54, 1.807) is 56.4 Å². The van der Waals surface area contributed by atoms with Gasteiger partial charge < -0.3 is 65.8 Å². The second-order valence-electron chi connectivity index (χ2n) is 12.6. The van der Waals surface area contributed by atoms with Crippen molar-refractivity contribution < 1.29 is 69.6 Å². The van der Waals surface area contributed by atoms with Crippen LogP contribution in [-0.4, -0.2) is 208 Å². The Balaban J connectivity index is -0.00000417. The van der Waals surface area contributed by atoms with Gasteiger partial charge in [-0.05, 0) is 19.9 Å². The number of nitrogens with two attached hydrogens (primary N) is 1. The van der Waals surface area contributed by atoms with Crippen LogP contribution in [0.15, 0.2) is 60.8 Å². The molecule has 3 fully saturated rings. The number of rotatable bonds is 3.